The Balaban J connectivity index is 2.04. The number of hydrogen-bond acceptors (Lipinski definition) is 5. The van der Waals surface area contributed by atoms with Gasteiger partial charge in [0.05, 0.1) is 13.7 Å². The van der Waals surface area contributed by atoms with Gasteiger partial charge in [-0.2, -0.15) is 0 Å². The molecule has 0 aliphatic carbocycles. The third-order valence-corrected chi connectivity index (χ3v) is 3.88. The van der Waals surface area contributed by atoms with Crippen LogP contribution in [-0.4, -0.2) is 35.5 Å². The Bertz CT molecular complexity index is 737. The lowest BCUT2D eigenvalue weighted by Crippen LogP contribution is -2.35. The van der Waals surface area contributed by atoms with Crippen molar-refractivity contribution in [1.82, 2.24) is 9.88 Å². The highest BCUT2D eigenvalue weighted by molar-refractivity contribution is 5.89. The van der Waals surface area contributed by atoms with E-state index in [0.717, 1.165) is 12.1 Å². The summed E-state index contributed by atoms with van der Waals surface area (Å²) in [6.07, 6.45) is 2.01. The van der Waals surface area contributed by atoms with Crippen LogP contribution >= 0.6 is 0 Å². The predicted molar refractivity (Wildman–Crippen MR) is 98.1 cm³/mol. The molecule has 7 heteroatoms. The predicted octanol–water partition coefficient (Wildman–Crippen LogP) is 4.03. The summed E-state index contributed by atoms with van der Waals surface area (Å²) in [5.41, 5.74) is 2.02. The Morgan fingerprint density at radius 3 is 2.54 bits per heavy atom. The molecule has 0 unspecified atom stereocenters. The summed E-state index contributed by atoms with van der Waals surface area (Å²) in [6.45, 7) is 6.92. The van der Waals surface area contributed by atoms with Gasteiger partial charge in [-0.1, -0.05) is 32.9 Å². The first-order valence-corrected chi connectivity index (χ1v) is 8.63. The highest BCUT2D eigenvalue weighted by Crippen LogP contribution is 2.18. The monoisotopic (exact) mass is 359 g/mol. The van der Waals surface area contributed by atoms with Gasteiger partial charge in [0.15, 0.2) is 5.69 Å². The fraction of sp³-hybridized carbons (Fsp3) is 0.421. The Morgan fingerprint density at radius 1 is 1.27 bits per heavy atom. The Morgan fingerprint density at radius 2 is 1.96 bits per heavy atom. The highest BCUT2D eigenvalue weighted by Gasteiger charge is 2.18. The Hall–Kier alpha value is -2.83. The summed E-state index contributed by atoms with van der Waals surface area (Å²) < 4.78 is 9.87. The average Bonchev–Trinajstić information content (AvgIpc) is 3.09. The number of carbonyl (C=O) groups excluding carboxylic acids is 2. The molecule has 0 atom stereocenters. The maximum Gasteiger partial charge on any atom is 0.360 e. The lowest BCUT2D eigenvalue weighted by Gasteiger charge is -2.21. The maximum atomic E-state index is 12.6. The van der Waals surface area contributed by atoms with Crippen molar-refractivity contribution in [2.24, 2.45) is 0 Å². The second kappa shape index (κ2) is 9.03. The first kappa shape index (κ1) is 19.5. The van der Waals surface area contributed by atoms with Gasteiger partial charge in [-0.05, 0) is 30.0 Å². The number of ether oxygens (including phenoxy) is 1. The second-order valence-electron chi connectivity index (χ2n) is 6.25. The van der Waals surface area contributed by atoms with Crippen molar-refractivity contribution >= 4 is 17.7 Å². The summed E-state index contributed by atoms with van der Waals surface area (Å²) in [5.74, 6) is 0.145. The topological polar surface area (TPSA) is 84.7 Å². The molecule has 1 heterocycles. The zero-order valence-corrected chi connectivity index (χ0v) is 15.6. The van der Waals surface area contributed by atoms with Gasteiger partial charge in [0, 0.05) is 12.2 Å². The number of hydrogen-bond donors (Lipinski definition) is 1. The molecule has 0 aliphatic rings. The van der Waals surface area contributed by atoms with Crippen LogP contribution in [0, 0.1) is 0 Å². The molecule has 140 valence electrons. The van der Waals surface area contributed by atoms with Crippen LogP contribution in [-0.2, 0) is 11.3 Å². The van der Waals surface area contributed by atoms with Crippen molar-refractivity contribution in [3.8, 4) is 0 Å². The number of aromatic nitrogens is 1. The molecule has 0 spiro atoms. The van der Waals surface area contributed by atoms with Crippen LogP contribution in [0.1, 0.15) is 55.1 Å². The number of methoxy groups -OCH3 is 1. The number of anilines is 1. The van der Waals surface area contributed by atoms with Crippen LogP contribution in [0.15, 0.2) is 34.9 Å². The minimum Gasteiger partial charge on any atom is -0.464 e. The molecular formula is C19H25N3O4. The van der Waals surface area contributed by atoms with Gasteiger partial charge in [0.25, 0.3) is 0 Å². The zero-order chi connectivity index (χ0) is 19.1. The molecule has 0 aliphatic heterocycles. The van der Waals surface area contributed by atoms with Gasteiger partial charge in [-0.3, -0.25) is 0 Å². The van der Waals surface area contributed by atoms with Gasteiger partial charge < -0.3 is 19.4 Å². The number of rotatable bonds is 7. The highest BCUT2D eigenvalue weighted by atomic mass is 16.5. The first-order valence-electron chi connectivity index (χ1n) is 8.63. The molecule has 0 bridgehead atoms. The van der Waals surface area contributed by atoms with Crippen LogP contribution in [0.5, 0.6) is 0 Å². The van der Waals surface area contributed by atoms with Crippen LogP contribution in [0.2, 0.25) is 0 Å². The number of urea groups is 1. The van der Waals surface area contributed by atoms with E-state index < -0.39 is 5.97 Å². The van der Waals surface area contributed by atoms with E-state index in [9.17, 15) is 9.59 Å². The standard InChI is InChI=1S/C19H25N3O4/c1-5-10-22(11-17-21-16(12-26-17)18(23)25-4)19(24)20-15-8-6-14(7-9-15)13(2)3/h6-9,12-13H,5,10-11H2,1-4H3,(H,20,24). The Kier molecular flexibility index (Phi) is 6.77. The normalized spacial score (nSPS) is 10.7. The molecule has 1 aromatic carbocycles. The van der Waals surface area contributed by atoms with E-state index >= 15 is 0 Å². The van der Waals surface area contributed by atoms with Gasteiger partial charge in [0.1, 0.15) is 6.26 Å². The molecule has 2 amide bonds. The van der Waals surface area contributed by atoms with Gasteiger partial charge in [0.2, 0.25) is 5.89 Å². The molecule has 2 rings (SSSR count). The molecule has 1 N–H and O–H groups in total. The minimum atomic E-state index is -0.572. The number of oxazole rings is 1. The number of nitrogens with zero attached hydrogens (tertiary/aromatic N) is 2. The molecule has 0 fully saturated rings. The maximum absolute atomic E-state index is 12.6. The van der Waals surface area contributed by atoms with Gasteiger partial charge in [-0.15, -0.1) is 0 Å². The molecule has 0 saturated carbocycles. The molecule has 0 radical (unpaired) electrons. The van der Waals surface area contributed by atoms with Crippen molar-refractivity contribution in [1.29, 1.82) is 0 Å². The quantitative estimate of drug-likeness (QED) is 0.755. The molecular weight excluding hydrogens is 334 g/mol. The molecule has 7 nitrogen and oxygen atoms in total. The number of esters is 1. The minimum absolute atomic E-state index is 0.0867. The molecule has 0 saturated heterocycles. The SMILES string of the molecule is CCCN(Cc1nc(C(=O)OC)co1)C(=O)Nc1ccc(C(C)C)cc1. The van der Waals surface area contributed by atoms with E-state index in [0.29, 0.717) is 12.5 Å². The van der Waals surface area contributed by atoms with Crippen LogP contribution in [0.25, 0.3) is 0 Å². The summed E-state index contributed by atoms with van der Waals surface area (Å²) in [5, 5.41) is 2.88. The summed E-state index contributed by atoms with van der Waals surface area (Å²) in [4.78, 5) is 29.7. The number of nitrogens with one attached hydrogen (secondary N) is 1. The van der Waals surface area contributed by atoms with Crippen molar-refractivity contribution in [2.45, 2.75) is 39.7 Å². The largest absolute Gasteiger partial charge is 0.464 e. The molecule has 2 aromatic rings. The van der Waals surface area contributed by atoms with Crippen LogP contribution in [0.4, 0.5) is 10.5 Å². The molecule has 26 heavy (non-hydrogen) atoms. The van der Waals surface area contributed by atoms with Crippen molar-refractivity contribution in [3.63, 3.8) is 0 Å². The van der Waals surface area contributed by atoms with E-state index in [4.69, 9.17) is 4.42 Å². The lowest BCUT2D eigenvalue weighted by molar-refractivity contribution is 0.0594. The second-order valence-corrected chi connectivity index (χ2v) is 6.25. The fourth-order valence-electron chi connectivity index (χ4n) is 2.42. The third-order valence-electron chi connectivity index (χ3n) is 3.88. The summed E-state index contributed by atoms with van der Waals surface area (Å²) in [7, 11) is 1.28. The molecule has 1 aromatic heterocycles. The number of carbonyl (C=O) groups is 2. The summed E-state index contributed by atoms with van der Waals surface area (Å²) >= 11 is 0. The van der Waals surface area contributed by atoms with Crippen molar-refractivity contribution in [3.05, 3.63) is 47.7 Å². The van der Waals surface area contributed by atoms with E-state index in [1.165, 1.54) is 18.9 Å². The third kappa shape index (κ3) is 5.08. The van der Waals surface area contributed by atoms with E-state index in [1.54, 1.807) is 4.90 Å². The summed E-state index contributed by atoms with van der Waals surface area (Å²) in [6, 6.07) is 7.53. The Labute approximate surface area is 153 Å². The fourth-order valence-corrected chi connectivity index (χ4v) is 2.42. The van der Waals surface area contributed by atoms with E-state index in [-0.39, 0.29) is 24.2 Å². The van der Waals surface area contributed by atoms with E-state index in [2.05, 4.69) is 28.9 Å². The van der Waals surface area contributed by atoms with Crippen molar-refractivity contribution in [2.75, 3.05) is 19.0 Å². The average molecular weight is 359 g/mol. The van der Waals surface area contributed by atoms with Crippen molar-refractivity contribution < 1.29 is 18.7 Å². The zero-order valence-electron chi connectivity index (χ0n) is 15.6. The first-order chi connectivity index (χ1) is 12.4. The number of benzene rings is 1. The number of amides is 2. The van der Waals surface area contributed by atoms with Crippen LogP contribution in [0.3, 0.4) is 0 Å². The van der Waals surface area contributed by atoms with Gasteiger partial charge in [-0.25, -0.2) is 14.6 Å². The van der Waals surface area contributed by atoms with Gasteiger partial charge >= 0.3 is 12.0 Å². The lowest BCUT2D eigenvalue weighted by atomic mass is 10.0. The smallest absolute Gasteiger partial charge is 0.360 e. The van der Waals surface area contributed by atoms with Crippen LogP contribution < -0.4 is 5.32 Å². The van der Waals surface area contributed by atoms with E-state index in [1.807, 2.05) is 31.2 Å².